The van der Waals surface area contributed by atoms with E-state index in [0.29, 0.717) is 22.6 Å². The molecule has 11 aromatic rings. The largest absolute Gasteiger partial charge is 0.418 e. The molecule has 2 aliphatic carbocycles. The highest BCUT2D eigenvalue weighted by atomic mass is 32.2. The van der Waals surface area contributed by atoms with Crippen LogP contribution in [0.5, 0.6) is 0 Å². The summed E-state index contributed by atoms with van der Waals surface area (Å²) in [6.45, 7) is 21.8. The van der Waals surface area contributed by atoms with Gasteiger partial charge in [-0.1, -0.05) is 275 Å². The first-order chi connectivity index (χ1) is 43.5. The van der Waals surface area contributed by atoms with Crippen molar-refractivity contribution >= 4 is 57.6 Å². The lowest BCUT2D eigenvalue weighted by molar-refractivity contribution is -0.138. The molecule has 0 fully saturated rings. The maximum absolute atomic E-state index is 18.1. The quantitative estimate of drug-likeness (QED) is 0.166. The third kappa shape index (κ3) is 8.85. The first-order valence-electron chi connectivity index (χ1n) is 31.3. The van der Waals surface area contributed by atoms with Crippen molar-refractivity contribution in [3.8, 4) is 61.7 Å². The molecule has 1 spiro atoms. The van der Waals surface area contributed by atoms with Gasteiger partial charge in [-0.05, 0) is 148 Å². The standard InChI is InChI=1S/C83H68F3N3S2/c1-78(2,3)58-35-37-60-61-38-36-59(79(4,5)6)48-64(61)82(63(60)47-58)80(7,8)74-73(83(84,85)86)62(49-87)76(88-65-39-31-54(50-23-15-11-16-24-50)43-69(65)90-70-44-55(32-40-66(70)88)51-25-17-12-18-26-51)77(75(74)81(82,9)10)89-67-41-33-56(52-27-19-13-20-28-52)45-71(67)91-72-46-57(34-42-68(72)89)53-29-21-14-22-30-53/h11-48H,1-10H3. The van der Waals surface area contributed by atoms with Gasteiger partial charge in [-0.3, -0.25) is 0 Å². The Kier molecular flexibility index (Phi) is 13.3. The monoisotopic (exact) mass is 1230 g/mol. The molecule has 4 aliphatic rings. The number of nitrogens with zero attached hydrogens (tertiary/aromatic N) is 3. The number of hydrogen-bond donors (Lipinski definition) is 0. The Hall–Kier alpha value is -9.00. The minimum absolute atomic E-state index is 0.134. The van der Waals surface area contributed by atoms with Crippen molar-refractivity contribution in [1.29, 1.82) is 5.26 Å². The van der Waals surface area contributed by atoms with Crippen LogP contribution in [-0.2, 0) is 33.3 Å². The van der Waals surface area contributed by atoms with Gasteiger partial charge in [-0.25, -0.2) is 0 Å². The predicted molar refractivity (Wildman–Crippen MR) is 372 cm³/mol. The third-order valence-electron chi connectivity index (χ3n) is 20.0. The Bertz CT molecular complexity index is 4590. The van der Waals surface area contributed by atoms with Crippen molar-refractivity contribution < 1.29 is 13.2 Å². The van der Waals surface area contributed by atoms with Crippen LogP contribution in [0.25, 0.3) is 55.6 Å². The van der Waals surface area contributed by atoms with Crippen LogP contribution in [0, 0.1) is 11.3 Å². The fourth-order valence-corrected chi connectivity index (χ4v) is 18.2. The number of rotatable bonds is 6. The van der Waals surface area contributed by atoms with Crippen LogP contribution in [0.2, 0.25) is 0 Å². The summed E-state index contributed by atoms with van der Waals surface area (Å²) in [4.78, 5) is 7.85. The highest BCUT2D eigenvalue weighted by molar-refractivity contribution is 8.00. The molecule has 0 unspecified atom stereocenters. The van der Waals surface area contributed by atoms with Crippen molar-refractivity contribution in [3.63, 3.8) is 0 Å². The molecule has 91 heavy (non-hydrogen) atoms. The second kappa shape index (κ2) is 20.8. The van der Waals surface area contributed by atoms with E-state index in [-0.39, 0.29) is 22.1 Å². The third-order valence-corrected chi connectivity index (χ3v) is 22.1. The average Bonchev–Trinajstić information content (AvgIpc) is 1.47. The van der Waals surface area contributed by atoms with E-state index in [1.807, 2.05) is 77.7 Å². The maximum atomic E-state index is 18.1. The van der Waals surface area contributed by atoms with E-state index in [0.717, 1.165) is 109 Å². The van der Waals surface area contributed by atoms with Crippen LogP contribution in [0.1, 0.15) is 114 Å². The molecule has 11 aromatic carbocycles. The van der Waals surface area contributed by atoms with Crippen molar-refractivity contribution in [1.82, 2.24) is 0 Å². The number of benzene rings is 11. The normalized spacial score (nSPS) is 15.4. The van der Waals surface area contributed by atoms with E-state index in [4.69, 9.17) is 0 Å². The van der Waals surface area contributed by atoms with E-state index in [1.54, 1.807) is 23.5 Å². The number of fused-ring (bicyclic) bond motifs is 10. The Balaban J connectivity index is 1.15. The van der Waals surface area contributed by atoms with Crippen LogP contribution in [-0.4, -0.2) is 0 Å². The molecule has 0 N–H and O–H groups in total. The Labute approximate surface area is 541 Å². The van der Waals surface area contributed by atoms with Gasteiger partial charge in [0.1, 0.15) is 6.07 Å². The van der Waals surface area contributed by atoms with E-state index in [9.17, 15) is 5.26 Å². The van der Waals surface area contributed by atoms with Crippen LogP contribution in [0.3, 0.4) is 0 Å². The molecule has 0 atom stereocenters. The van der Waals surface area contributed by atoms with Gasteiger partial charge in [0.25, 0.3) is 0 Å². The molecule has 2 heterocycles. The number of anilines is 6. The zero-order valence-electron chi connectivity index (χ0n) is 52.7. The zero-order chi connectivity index (χ0) is 63.3. The Morgan fingerprint density at radius 1 is 0.374 bits per heavy atom. The summed E-state index contributed by atoms with van der Waals surface area (Å²) < 4.78 is 54.3. The van der Waals surface area contributed by atoms with Crippen molar-refractivity contribution in [3.05, 3.63) is 275 Å². The summed E-state index contributed by atoms with van der Waals surface area (Å²) in [6, 6.07) is 82.7. The molecule has 8 heteroatoms. The smallest absolute Gasteiger partial charge is 0.306 e. The molecule has 0 saturated carbocycles. The first-order valence-corrected chi connectivity index (χ1v) is 32.9. The van der Waals surface area contributed by atoms with Gasteiger partial charge in [0, 0.05) is 35.8 Å². The highest BCUT2D eigenvalue weighted by Gasteiger charge is 2.71. The van der Waals surface area contributed by atoms with Gasteiger partial charge >= 0.3 is 6.18 Å². The summed E-state index contributed by atoms with van der Waals surface area (Å²) in [5.74, 6) is 0. The van der Waals surface area contributed by atoms with E-state index >= 15 is 13.2 Å². The molecule has 448 valence electrons. The van der Waals surface area contributed by atoms with E-state index in [1.165, 1.54) is 0 Å². The highest BCUT2D eigenvalue weighted by Crippen LogP contribution is 2.76. The zero-order valence-corrected chi connectivity index (χ0v) is 54.4. The molecule has 0 bridgehead atoms. The van der Waals surface area contributed by atoms with E-state index in [2.05, 4.69) is 238 Å². The molecule has 0 amide bonds. The van der Waals surface area contributed by atoms with Crippen LogP contribution >= 0.6 is 23.5 Å². The summed E-state index contributed by atoms with van der Waals surface area (Å²) in [5, 5.41) is 12.6. The lowest BCUT2D eigenvalue weighted by atomic mass is 9.51. The van der Waals surface area contributed by atoms with Crippen molar-refractivity contribution in [2.45, 2.75) is 122 Å². The van der Waals surface area contributed by atoms with Crippen LogP contribution in [0.15, 0.2) is 250 Å². The van der Waals surface area contributed by atoms with Crippen LogP contribution < -0.4 is 9.80 Å². The lowest BCUT2D eigenvalue weighted by Crippen LogP contribution is -2.51. The second-order valence-electron chi connectivity index (χ2n) is 27.9. The summed E-state index contributed by atoms with van der Waals surface area (Å²) in [5.41, 5.74) is 12.9. The fraction of sp³-hybridized carbons (Fsp3) is 0.193. The fourth-order valence-electron chi connectivity index (χ4n) is 15.9. The molecule has 0 aromatic heterocycles. The van der Waals surface area contributed by atoms with Gasteiger partial charge in [0.2, 0.25) is 0 Å². The van der Waals surface area contributed by atoms with Crippen LogP contribution in [0.4, 0.5) is 47.3 Å². The van der Waals surface area contributed by atoms with Gasteiger partial charge in [0.15, 0.2) is 0 Å². The Morgan fingerprint density at radius 2 is 0.692 bits per heavy atom. The first kappa shape index (κ1) is 58.4. The van der Waals surface area contributed by atoms with Crippen molar-refractivity contribution in [2.75, 3.05) is 9.80 Å². The molecule has 0 radical (unpaired) electrons. The summed E-state index contributed by atoms with van der Waals surface area (Å²) in [7, 11) is 0. The molecular weight excluding hydrogens is 1160 g/mol. The molecular formula is C83H68F3N3S2. The summed E-state index contributed by atoms with van der Waals surface area (Å²) in [6.07, 6.45) is -5.03. The number of alkyl halides is 3. The number of halogens is 3. The Morgan fingerprint density at radius 3 is 1.00 bits per heavy atom. The molecule has 0 saturated heterocycles. The average molecular weight is 1230 g/mol. The molecule has 3 nitrogen and oxygen atoms in total. The SMILES string of the molecule is CC(C)(C)c1ccc2c(c1)C1(c3cc(C(C)(C)C)ccc3-2)C(C)(C)c2c(N3c4ccc(-c5ccccc5)cc4Sc4cc(-c5ccccc5)ccc43)c(N3c4ccc(-c5ccccc5)cc4Sc4cc(-c5ccccc5)ccc43)c(C#N)c(C(F)(F)F)c2C1(C)C. The lowest BCUT2D eigenvalue weighted by Gasteiger charge is -2.50. The summed E-state index contributed by atoms with van der Waals surface area (Å²) >= 11 is 3.28. The molecule has 2 aliphatic heterocycles. The topological polar surface area (TPSA) is 30.3 Å². The number of hydrogen-bond acceptors (Lipinski definition) is 5. The van der Waals surface area contributed by atoms with Gasteiger partial charge in [-0.15, -0.1) is 0 Å². The van der Waals surface area contributed by atoms with E-state index < -0.39 is 33.5 Å². The predicted octanol–water partition coefficient (Wildman–Crippen LogP) is 24.2. The van der Waals surface area contributed by atoms with Gasteiger partial charge in [-0.2, -0.15) is 18.4 Å². The van der Waals surface area contributed by atoms with Crippen molar-refractivity contribution in [2.24, 2.45) is 0 Å². The minimum atomic E-state index is -5.03. The van der Waals surface area contributed by atoms with Gasteiger partial charge < -0.3 is 9.80 Å². The minimum Gasteiger partial charge on any atom is -0.306 e. The molecule has 15 rings (SSSR count). The maximum Gasteiger partial charge on any atom is 0.418 e. The number of nitriles is 1. The van der Waals surface area contributed by atoms with Gasteiger partial charge in [0.05, 0.1) is 45.3 Å². The second-order valence-corrected chi connectivity index (χ2v) is 30.1.